The van der Waals surface area contributed by atoms with E-state index in [9.17, 15) is 14.0 Å². The second-order valence-electron chi connectivity index (χ2n) is 7.53. The minimum Gasteiger partial charge on any atom is -0.396 e. The summed E-state index contributed by atoms with van der Waals surface area (Å²) in [5.74, 6) is -0.304. The number of likely N-dealkylation sites (tertiary alicyclic amines) is 1. The van der Waals surface area contributed by atoms with Crippen molar-refractivity contribution in [2.75, 3.05) is 25.4 Å². The summed E-state index contributed by atoms with van der Waals surface area (Å²) in [7, 11) is 0. The van der Waals surface area contributed by atoms with Crippen molar-refractivity contribution in [1.82, 2.24) is 20.0 Å². The highest BCUT2D eigenvalue weighted by Crippen LogP contribution is 2.33. The predicted octanol–water partition coefficient (Wildman–Crippen LogP) is 2.06. The van der Waals surface area contributed by atoms with Crippen LogP contribution in [0.25, 0.3) is 0 Å². The Bertz CT molecular complexity index is 917. The standard InChI is InChI=1S/C20H24FN5O2/c1-12(27)26-10-7-15-17(11-26)23-24-19(15)20(28)25-8-5-13(6-9-25)14-3-2-4-16(21)18(14)22/h2-4,13H,5-11,22H2,1H3,(H,23,24). The zero-order valence-corrected chi connectivity index (χ0v) is 15.9. The number of carbonyl (C=O) groups is 2. The van der Waals surface area contributed by atoms with Gasteiger partial charge in [-0.15, -0.1) is 0 Å². The number of anilines is 1. The summed E-state index contributed by atoms with van der Waals surface area (Å²) in [4.78, 5) is 28.1. The van der Waals surface area contributed by atoms with Gasteiger partial charge in [-0.1, -0.05) is 12.1 Å². The summed E-state index contributed by atoms with van der Waals surface area (Å²) in [5.41, 5.74) is 9.15. The number of nitrogen functional groups attached to an aromatic ring is 1. The van der Waals surface area contributed by atoms with E-state index in [4.69, 9.17) is 5.73 Å². The number of piperidine rings is 1. The number of fused-ring (bicyclic) bond motifs is 1. The van der Waals surface area contributed by atoms with Crippen LogP contribution in [-0.4, -0.2) is 51.4 Å². The fourth-order valence-electron chi connectivity index (χ4n) is 4.22. The molecule has 0 atom stereocenters. The molecule has 3 heterocycles. The average molecular weight is 385 g/mol. The summed E-state index contributed by atoms with van der Waals surface area (Å²) >= 11 is 0. The van der Waals surface area contributed by atoms with Crippen molar-refractivity contribution in [1.29, 1.82) is 0 Å². The number of hydrogen-bond donors (Lipinski definition) is 2. The predicted molar refractivity (Wildman–Crippen MR) is 102 cm³/mol. The van der Waals surface area contributed by atoms with E-state index in [-0.39, 0.29) is 23.4 Å². The Balaban J connectivity index is 1.44. The minimum absolute atomic E-state index is 0.0202. The van der Waals surface area contributed by atoms with Gasteiger partial charge in [0.1, 0.15) is 5.82 Å². The van der Waals surface area contributed by atoms with E-state index in [1.807, 2.05) is 6.07 Å². The molecule has 1 saturated heterocycles. The van der Waals surface area contributed by atoms with E-state index in [0.29, 0.717) is 38.3 Å². The minimum atomic E-state index is -0.390. The van der Waals surface area contributed by atoms with Crippen LogP contribution >= 0.6 is 0 Å². The van der Waals surface area contributed by atoms with E-state index in [0.717, 1.165) is 29.7 Å². The number of amides is 2. The van der Waals surface area contributed by atoms with Crippen molar-refractivity contribution < 1.29 is 14.0 Å². The molecule has 8 heteroatoms. The van der Waals surface area contributed by atoms with E-state index in [1.165, 1.54) is 6.07 Å². The second-order valence-corrected chi connectivity index (χ2v) is 7.53. The van der Waals surface area contributed by atoms with Crippen molar-refractivity contribution in [2.24, 2.45) is 0 Å². The lowest BCUT2D eigenvalue weighted by Crippen LogP contribution is -2.39. The molecule has 0 spiro atoms. The Morgan fingerprint density at radius 2 is 1.96 bits per heavy atom. The van der Waals surface area contributed by atoms with Gasteiger partial charge in [-0.2, -0.15) is 5.10 Å². The molecule has 4 rings (SSSR count). The van der Waals surface area contributed by atoms with Crippen LogP contribution in [0.3, 0.4) is 0 Å². The van der Waals surface area contributed by atoms with Crippen LogP contribution in [0.15, 0.2) is 18.2 Å². The maximum Gasteiger partial charge on any atom is 0.274 e. The summed E-state index contributed by atoms with van der Waals surface area (Å²) < 4.78 is 13.7. The number of aromatic amines is 1. The number of hydrogen-bond acceptors (Lipinski definition) is 4. The zero-order chi connectivity index (χ0) is 19.8. The number of aromatic nitrogens is 2. The highest BCUT2D eigenvalue weighted by molar-refractivity contribution is 5.94. The van der Waals surface area contributed by atoms with E-state index in [1.54, 1.807) is 22.8 Å². The van der Waals surface area contributed by atoms with Gasteiger partial charge < -0.3 is 15.5 Å². The molecule has 0 bridgehead atoms. The van der Waals surface area contributed by atoms with Crippen molar-refractivity contribution in [3.8, 4) is 0 Å². The lowest BCUT2D eigenvalue weighted by atomic mass is 9.88. The number of nitrogens with two attached hydrogens (primary N) is 1. The van der Waals surface area contributed by atoms with Crippen LogP contribution in [0.1, 0.15) is 53.0 Å². The third-order valence-corrected chi connectivity index (χ3v) is 5.89. The second kappa shape index (κ2) is 7.26. The molecule has 148 valence electrons. The van der Waals surface area contributed by atoms with Crippen LogP contribution in [0.2, 0.25) is 0 Å². The first kappa shape index (κ1) is 18.5. The van der Waals surface area contributed by atoms with Gasteiger partial charge in [0.05, 0.1) is 17.9 Å². The summed E-state index contributed by atoms with van der Waals surface area (Å²) in [6.45, 7) is 3.78. The normalized spacial score (nSPS) is 17.5. The number of para-hydroxylation sites is 1. The van der Waals surface area contributed by atoms with Gasteiger partial charge in [0.2, 0.25) is 5.91 Å². The Hall–Kier alpha value is -2.90. The lowest BCUT2D eigenvalue weighted by Gasteiger charge is -2.33. The molecule has 28 heavy (non-hydrogen) atoms. The van der Waals surface area contributed by atoms with Gasteiger partial charge in [-0.05, 0) is 36.8 Å². The molecule has 2 aliphatic rings. The van der Waals surface area contributed by atoms with Crippen LogP contribution in [0.4, 0.5) is 10.1 Å². The number of carbonyl (C=O) groups excluding carboxylic acids is 2. The molecule has 7 nitrogen and oxygen atoms in total. The number of rotatable bonds is 2. The SMILES string of the molecule is CC(=O)N1CCc2c(C(=O)N3CCC(c4cccc(F)c4N)CC3)n[nH]c2C1. The number of nitrogens with zero attached hydrogens (tertiary/aromatic N) is 3. The molecular weight excluding hydrogens is 361 g/mol. The Morgan fingerprint density at radius 1 is 1.21 bits per heavy atom. The molecule has 3 N–H and O–H groups in total. The Labute approximate surface area is 162 Å². The molecule has 0 saturated carbocycles. The zero-order valence-electron chi connectivity index (χ0n) is 15.9. The average Bonchev–Trinajstić information content (AvgIpc) is 3.13. The van der Waals surface area contributed by atoms with E-state index < -0.39 is 5.82 Å². The van der Waals surface area contributed by atoms with Gasteiger partial charge in [0, 0.05) is 32.1 Å². The summed E-state index contributed by atoms with van der Waals surface area (Å²) in [6, 6.07) is 4.91. The maximum atomic E-state index is 13.7. The van der Waals surface area contributed by atoms with E-state index in [2.05, 4.69) is 10.2 Å². The number of halogens is 1. The molecule has 1 fully saturated rings. The van der Waals surface area contributed by atoms with Gasteiger partial charge in [-0.25, -0.2) is 4.39 Å². The highest BCUT2D eigenvalue weighted by Gasteiger charge is 2.31. The quantitative estimate of drug-likeness (QED) is 0.774. The number of H-pyrrole nitrogens is 1. The highest BCUT2D eigenvalue weighted by atomic mass is 19.1. The maximum absolute atomic E-state index is 13.7. The third-order valence-electron chi connectivity index (χ3n) is 5.89. The molecular formula is C20H24FN5O2. The van der Waals surface area contributed by atoms with Gasteiger partial charge in [0.15, 0.2) is 5.69 Å². The van der Waals surface area contributed by atoms with Crippen molar-refractivity contribution in [2.45, 2.75) is 38.6 Å². The monoisotopic (exact) mass is 385 g/mol. The van der Waals surface area contributed by atoms with Gasteiger partial charge in [0.25, 0.3) is 5.91 Å². The van der Waals surface area contributed by atoms with Crippen LogP contribution in [0.5, 0.6) is 0 Å². The first-order valence-electron chi connectivity index (χ1n) is 9.60. The summed E-state index contributed by atoms with van der Waals surface area (Å²) in [5, 5.41) is 7.18. The molecule has 0 aliphatic carbocycles. The Morgan fingerprint density at radius 3 is 2.68 bits per heavy atom. The van der Waals surface area contributed by atoms with Crippen LogP contribution < -0.4 is 5.73 Å². The topological polar surface area (TPSA) is 95.3 Å². The molecule has 0 radical (unpaired) electrons. The van der Waals surface area contributed by atoms with Gasteiger partial charge in [-0.3, -0.25) is 14.7 Å². The number of benzene rings is 1. The molecule has 0 unspecified atom stereocenters. The lowest BCUT2D eigenvalue weighted by molar-refractivity contribution is -0.129. The third kappa shape index (κ3) is 3.23. The largest absolute Gasteiger partial charge is 0.396 e. The first-order valence-corrected chi connectivity index (χ1v) is 9.60. The molecule has 2 amide bonds. The van der Waals surface area contributed by atoms with E-state index >= 15 is 0 Å². The van der Waals surface area contributed by atoms with Crippen LogP contribution in [-0.2, 0) is 17.8 Å². The molecule has 2 aliphatic heterocycles. The van der Waals surface area contributed by atoms with Crippen molar-refractivity contribution >= 4 is 17.5 Å². The molecule has 1 aromatic carbocycles. The molecule has 1 aromatic heterocycles. The Kier molecular flexibility index (Phi) is 4.78. The fraction of sp³-hybridized carbons (Fsp3) is 0.450. The van der Waals surface area contributed by atoms with Crippen molar-refractivity contribution in [3.05, 3.63) is 46.5 Å². The smallest absolute Gasteiger partial charge is 0.274 e. The number of nitrogens with one attached hydrogen (secondary N) is 1. The van der Waals surface area contributed by atoms with Crippen LogP contribution in [0, 0.1) is 5.82 Å². The summed E-state index contributed by atoms with van der Waals surface area (Å²) in [6.07, 6.45) is 2.11. The van der Waals surface area contributed by atoms with Gasteiger partial charge >= 0.3 is 0 Å². The van der Waals surface area contributed by atoms with Crippen molar-refractivity contribution in [3.63, 3.8) is 0 Å². The first-order chi connectivity index (χ1) is 13.5. The molecule has 2 aromatic rings. The fourth-order valence-corrected chi connectivity index (χ4v) is 4.22.